The number of nitrogens with zero attached hydrogens (tertiary/aromatic N) is 2. The molecule has 0 aliphatic carbocycles. The molecule has 2 aromatic rings. The Kier molecular flexibility index (Phi) is 7.24. The maximum Gasteiger partial charge on any atom is 0.270 e. The third kappa shape index (κ3) is 6.14. The molecule has 0 aliphatic rings. The van der Waals surface area contributed by atoms with Crippen molar-refractivity contribution in [2.45, 2.75) is 31.8 Å². The fourth-order valence-electron chi connectivity index (χ4n) is 2.21. The van der Waals surface area contributed by atoms with E-state index in [4.69, 9.17) is 0 Å². The van der Waals surface area contributed by atoms with E-state index in [0.717, 1.165) is 12.0 Å². The lowest BCUT2D eigenvalue weighted by Gasteiger charge is -2.18. The lowest BCUT2D eigenvalue weighted by atomic mass is 10.1. The zero-order chi connectivity index (χ0) is 17.9. The molecular formula is C18H20N4O3. The summed E-state index contributed by atoms with van der Waals surface area (Å²) in [5.74, 6) is -0.745. The lowest BCUT2D eigenvalue weighted by molar-refractivity contribution is -0.123. The number of hydrogen-bond acceptors (Lipinski definition) is 5. The molecule has 0 bridgehead atoms. The molecule has 2 rings (SSSR count). The van der Waals surface area contributed by atoms with Crippen molar-refractivity contribution in [2.24, 2.45) is 0 Å². The van der Waals surface area contributed by atoms with Crippen LogP contribution in [0.25, 0.3) is 0 Å². The van der Waals surface area contributed by atoms with Crippen molar-refractivity contribution in [1.29, 1.82) is 0 Å². The zero-order valence-electron chi connectivity index (χ0n) is 13.7. The number of rotatable bonds is 9. The van der Waals surface area contributed by atoms with E-state index >= 15 is 0 Å². The first-order valence-electron chi connectivity index (χ1n) is 8.04. The number of nitrogens with one attached hydrogen (secondary N) is 2. The first kappa shape index (κ1) is 18.3. The summed E-state index contributed by atoms with van der Waals surface area (Å²) in [5.41, 5.74) is 0.957. The summed E-state index contributed by atoms with van der Waals surface area (Å²) < 4.78 is 0. The van der Waals surface area contributed by atoms with Gasteiger partial charge in [0.25, 0.3) is 5.91 Å². The number of carbonyl (C=O) groups is 3. The molecule has 1 atom stereocenters. The molecule has 0 radical (unpaired) electrons. The van der Waals surface area contributed by atoms with Crippen molar-refractivity contribution in [3.05, 3.63) is 60.2 Å². The number of carbonyl (C=O) groups excluding carboxylic acids is 3. The van der Waals surface area contributed by atoms with Gasteiger partial charge in [0.15, 0.2) is 0 Å². The van der Waals surface area contributed by atoms with Crippen LogP contribution in [0.2, 0.25) is 0 Å². The SMILES string of the molecule is O=CCCC[C@H](NC(=O)c1ccccn1)C(=O)NCc1ccccn1. The van der Waals surface area contributed by atoms with Gasteiger partial charge in [-0.25, -0.2) is 0 Å². The van der Waals surface area contributed by atoms with Gasteiger partial charge in [0.05, 0.1) is 12.2 Å². The van der Waals surface area contributed by atoms with E-state index < -0.39 is 11.9 Å². The normalized spacial score (nSPS) is 11.4. The molecule has 0 aromatic carbocycles. The Morgan fingerprint density at radius 1 is 1.08 bits per heavy atom. The van der Waals surface area contributed by atoms with Crippen LogP contribution in [0, 0.1) is 0 Å². The van der Waals surface area contributed by atoms with Gasteiger partial charge in [0.2, 0.25) is 5.91 Å². The van der Waals surface area contributed by atoms with Gasteiger partial charge in [-0.05, 0) is 37.1 Å². The fourth-order valence-corrected chi connectivity index (χ4v) is 2.21. The van der Waals surface area contributed by atoms with Crippen LogP contribution >= 0.6 is 0 Å². The van der Waals surface area contributed by atoms with E-state index in [1.165, 1.54) is 6.20 Å². The highest BCUT2D eigenvalue weighted by molar-refractivity contribution is 5.96. The Hall–Kier alpha value is -3.09. The molecule has 25 heavy (non-hydrogen) atoms. The lowest BCUT2D eigenvalue weighted by Crippen LogP contribution is -2.46. The third-order valence-electron chi connectivity index (χ3n) is 3.50. The second-order valence-electron chi connectivity index (χ2n) is 5.38. The van der Waals surface area contributed by atoms with Crippen molar-refractivity contribution in [3.8, 4) is 0 Å². The van der Waals surface area contributed by atoms with E-state index in [-0.39, 0.29) is 18.1 Å². The number of aromatic nitrogens is 2. The molecule has 0 spiro atoms. The summed E-state index contributed by atoms with van der Waals surface area (Å²) in [6, 6.07) is 9.66. The number of hydrogen-bond donors (Lipinski definition) is 2. The summed E-state index contributed by atoms with van der Waals surface area (Å²) in [6.45, 7) is 0.267. The van der Waals surface area contributed by atoms with E-state index in [1.54, 1.807) is 36.5 Å². The second-order valence-corrected chi connectivity index (χ2v) is 5.38. The van der Waals surface area contributed by atoms with Gasteiger partial charge in [-0.15, -0.1) is 0 Å². The van der Waals surface area contributed by atoms with Crippen LogP contribution in [0.1, 0.15) is 35.4 Å². The highest BCUT2D eigenvalue weighted by Gasteiger charge is 2.21. The smallest absolute Gasteiger partial charge is 0.270 e. The van der Waals surface area contributed by atoms with Crippen molar-refractivity contribution < 1.29 is 14.4 Å². The van der Waals surface area contributed by atoms with E-state index in [9.17, 15) is 14.4 Å². The van der Waals surface area contributed by atoms with Gasteiger partial charge in [0, 0.05) is 18.8 Å². The second kappa shape index (κ2) is 9.92. The van der Waals surface area contributed by atoms with Gasteiger partial charge in [-0.2, -0.15) is 0 Å². The Bertz CT molecular complexity index is 692. The number of aldehydes is 1. The van der Waals surface area contributed by atoms with Crippen LogP contribution in [0.4, 0.5) is 0 Å². The maximum atomic E-state index is 12.4. The van der Waals surface area contributed by atoms with Crippen LogP contribution in [0.15, 0.2) is 48.8 Å². The molecule has 7 nitrogen and oxygen atoms in total. The number of unbranched alkanes of at least 4 members (excludes halogenated alkanes) is 1. The fraction of sp³-hybridized carbons (Fsp3) is 0.278. The van der Waals surface area contributed by atoms with Crippen molar-refractivity contribution in [1.82, 2.24) is 20.6 Å². The Balaban J connectivity index is 1.97. The van der Waals surface area contributed by atoms with Crippen LogP contribution in [-0.2, 0) is 16.1 Å². The molecule has 2 aromatic heterocycles. The molecule has 7 heteroatoms. The summed E-state index contributed by atoms with van der Waals surface area (Å²) in [5, 5.41) is 5.44. The van der Waals surface area contributed by atoms with Gasteiger partial charge < -0.3 is 15.4 Å². The average Bonchev–Trinajstić information content (AvgIpc) is 2.67. The van der Waals surface area contributed by atoms with Gasteiger partial charge in [-0.3, -0.25) is 19.6 Å². The number of amides is 2. The standard InChI is InChI=1S/C18H20N4O3/c23-12-6-3-9-16(22-18(25)15-8-2-5-11-20-15)17(24)21-13-14-7-1-4-10-19-14/h1-2,4-5,7-8,10-12,16H,3,6,9,13H2,(H,21,24)(H,22,25)/t16-/m0/s1. The minimum absolute atomic E-state index is 0.236. The number of pyridine rings is 2. The van der Waals surface area contributed by atoms with Crippen molar-refractivity contribution >= 4 is 18.1 Å². The summed E-state index contributed by atoms with van der Waals surface area (Å²) in [6.07, 6.45) is 5.16. The zero-order valence-corrected chi connectivity index (χ0v) is 13.7. The minimum atomic E-state index is -0.738. The van der Waals surface area contributed by atoms with E-state index in [1.807, 2.05) is 6.07 Å². The highest BCUT2D eigenvalue weighted by Crippen LogP contribution is 2.03. The summed E-state index contributed by atoms with van der Waals surface area (Å²) in [7, 11) is 0. The van der Waals surface area contributed by atoms with Crippen molar-refractivity contribution in [3.63, 3.8) is 0 Å². The average molecular weight is 340 g/mol. The Labute approximate surface area is 145 Å². The van der Waals surface area contributed by atoms with Gasteiger partial charge >= 0.3 is 0 Å². The van der Waals surface area contributed by atoms with E-state index in [2.05, 4.69) is 20.6 Å². The molecule has 0 fully saturated rings. The van der Waals surface area contributed by atoms with Crippen LogP contribution in [0.5, 0.6) is 0 Å². The molecule has 130 valence electrons. The van der Waals surface area contributed by atoms with Crippen LogP contribution < -0.4 is 10.6 Å². The molecule has 2 amide bonds. The molecule has 2 N–H and O–H groups in total. The minimum Gasteiger partial charge on any atom is -0.349 e. The predicted octanol–water partition coefficient (Wildman–Crippen LogP) is 1.26. The first-order valence-corrected chi connectivity index (χ1v) is 8.04. The summed E-state index contributed by atoms with van der Waals surface area (Å²) in [4.78, 5) is 43.3. The maximum absolute atomic E-state index is 12.4. The Morgan fingerprint density at radius 2 is 1.84 bits per heavy atom. The third-order valence-corrected chi connectivity index (χ3v) is 3.50. The van der Waals surface area contributed by atoms with Crippen LogP contribution in [0.3, 0.4) is 0 Å². The topological polar surface area (TPSA) is 101 Å². The first-order chi connectivity index (χ1) is 12.2. The van der Waals surface area contributed by atoms with Crippen molar-refractivity contribution in [2.75, 3.05) is 0 Å². The van der Waals surface area contributed by atoms with Crippen LogP contribution in [-0.4, -0.2) is 34.1 Å². The molecule has 0 saturated carbocycles. The largest absolute Gasteiger partial charge is 0.349 e. The molecule has 0 saturated heterocycles. The highest BCUT2D eigenvalue weighted by atomic mass is 16.2. The summed E-state index contributed by atoms with van der Waals surface area (Å²) >= 11 is 0. The quantitative estimate of drug-likeness (QED) is 0.529. The molecule has 0 aliphatic heterocycles. The predicted molar refractivity (Wildman–Crippen MR) is 91.5 cm³/mol. The van der Waals surface area contributed by atoms with E-state index in [0.29, 0.717) is 19.3 Å². The molecular weight excluding hydrogens is 320 g/mol. The van der Waals surface area contributed by atoms with Gasteiger partial charge in [-0.1, -0.05) is 12.1 Å². The molecule has 2 heterocycles. The Morgan fingerprint density at radius 3 is 2.48 bits per heavy atom. The molecule has 0 unspecified atom stereocenters. The van der Waals surface area contributed by atoms with Gasteiger partial charge in [0.1, 0.15) is 18.0 Å². The monoisotopic (exact) mass is 340 g/mol.